The van der Waals surface area contributed by atoms with Gasteiger partial charge in [0.1, 0.15) is 0 Å². The first-order chi connectivity index (χ1) is 13.5. The van der Waals surface area contributed by atoms with Gasteiger partial charge >= 0.3 is 0 Å². The molecular weight excluding hydrogens is 397 g/mol. The van der Waals surface area contributed by atoms with Crippen molar-refractivity contribution in [1.29, 1.82) is 0 Å². The van der Waals surface area contributed by atoms with Crippen molar-refractivity contribution in [3.05, 3.63) is 64.1 Å². The number of benzene rings is 2. The molecule has 2 N–H and O–H groups in total. The highest BCUT2D eigenvalue weighted by Gasteiger charge is 2.25. The summed E-state index contributed by atoms with van der Waals surface area (Å²) < 4.78 is 0. The fraction of sp³-hybridized carbons (Fsp3) is 0.333. The maximum atomic E-state index is 12.4. The van der Waals surface area contributed by atoms with Crippen molar-refractivity contribution in [2.75, 3.05) is 25.0 Å². The molecule has 0 bridgehead atoms. The molecule has 7 heteroatoms. The third kappa shape index (κ3) is 5.96. The SMILES string of the molecule is O=C(CN1CCC(C(=O)NCc2ccccc2)CC1)Nc1cc(Cl)ccc1Cl. The van der Waals surface area contributed by atoms with Crippen LogP contribution in [0.5, 0.6) is 0 Å². The topological polar surface area (TPSA) is 61.4 Å². The van der Waals surface area contributed by atoms with E-state index in [1.54, 1.807) is 18.2 Å². The van der Waals surface area contributed by atoms with Crippen LogP contribution in [0.2, 0.25) is 10.0 Å². The van der Waals surface area contributed by atoms with Crippen LogP contribution >= 0.6 is 23.2 Å². The molecule has 0 aliphatic carbocycles. The maximum absolute atomic E-state index is 12.4. The highest BCUT2D eigenvalue weighted by molar-refractivity contribution is 6.35. The van der Waals surface area contributed by atoms with Gasteiger partial charge in [0.2, 0.25) is 11.8 Å². The molecule has 2 aromatic rings. The Hall–Kier alpha value is -2.08. The molecule has 0 radical (unpaired) electrons. The average molecular weight is 420 g/mol. The molecule has 1 heterocycles. The van der Waals surface area contributed by atoms with E-state index in [2.05, 4.69) is 15.5 Å². The Kier molecular flexibility index (Phi) is 7.31. The maximum Gasteiger partial charge on any atom is 0.238 e. The lowest BCUT2D eigenvalue weighted by molar-refractivity contribution is -0.126. The summed E-state index contributed by atoms with van der Waals surface area (Å²) in [5.41, 5.74) is 1.60. The van der Waals surface area contributed by atoms with E-state index in [1.807, 2.05) is 30.3 Å². The van der Waals surface area contributed by atoms with Gasteiger partial charge in [-0.1, -0.05) is 53.5 Å². The molecule has 1 aliphatic rings. The highest BCUT2D eigenvalue weighted by atomic mass is 35.5. The summed E-state index contributed by atoms with van der Waals surface area (Å²) in [7, 11) is 0. The van der Waals surface area contributed by atoms with Gasteiger partial charge in [0.15, 0.2) is 0 Å². The Bertz CT molecular complexity index is 822. The minimum absolute atomic E-state index is 0.00889. The predicted molar refractivity (Wildman–Crippen MR) is 113 cm³/mol. The molecule has 0 saturated carbocycles. The van der Waals surface area contributed by atoms with E-state index in [0.29, 0.717) is 35.4 Å². The molecular formula is C21H23Cl2N3O2. The standard InChI is InChI=1S/C21H23Cl2N3O2/c22-17-6-7-18(23)19(12-17)25-20(27)14-26-10-8-16(9-11-26)21(28)24-13-15-4-2-1-3-5-15/h1-7,12,16H,8-11,13-14H2,(H,24,28)(H,25,27). The molecule has 2 amide bonds. The number of rotatable bonds is 6. The van der Waals surface area contributed by atoms with Crippen molar-refractivity contribution in [3.8, 4) is 0 Å². The lowest BCUT2D eigenvalue weighted by Gasteiger charge is -2.30. The Morgan fingerprint density at radius 3 is 2.46 bits per heavy atom. The lowest BCUT2D eigenvalue weighted by Crippen LogP contribution is -2.43. The van der Waals surface area contributed by atoms with Crippen molar-refractivity contribution in [2.24, 2.45) is 5.92 Å². The van der Waals surface area contributed by atoms with E-state index < -0.39 is 0 Å². The second-order valence-corrected chi connectivity index (χ2v) is 7.77. The zero-order chi connectivity index (χ0) is 19.9. The number of nitrogens with zero attached hydrogens (tertiary/aromatic N) is 1. The molecule has 0 spiro atoms. The predicted octanol–water partition coefficient (Wildman–Crippen LogP) is 3.96. The second-order valence-electron chi connectivity index (χ2n) is 6.93. The van der Waals surface area contributed by atoms with E-state index in [4.69, 9.17) is 23.2 Å². The molecule has 148 valence electrons. The van der Waals surface area contributed by atoms with Gasteiger partial charge in [0.25, 0.3) is 0 Å². The summed E-state index contributed by atoms with van der Waals surface area (Å²) in [5, 5.41) is 6.77. The van der Waals surface area contributed by atoms with Crippen LogP contribution in [0.25, 0.3) is 0 Å². The fourth-order valence-corrected chi connectivity index (χ4v) is 3.61. The highest BCUT2D eigenvalue weighted by Crippen LogP contribution is 2.25. The first kappa shape index (κ1) is 20.6. The molecule has 0 atom stereocenters. The normalized spacial score (nSPS) is 15.2. The number of hydrogen-bond donors (Lipinski definition) is 2. The lowest BCUT2D eigenvalue weighted by atomic mass is 9.96. The number of nitrogens with one attached hydrogen (secondary N) is 2. The summed E-state index contributed by atoms with van der Waals surface area (Å²) in [4.78, 5) is 26.7. The number of piperidine rings is 1. The number of anilines is 1. The number of carbonyl (C=O) groups is 2. The number of likely N-dealkylation sites (tertiary alicyclic amines) is 1. The zero-order valence-corrected chi connectivity index (χ0v) is 17.0. The Morgan fingerprint density at radius 2 is 1.75 bits per heavy atom. The van der Waals surface area contributed by atoms with Gasteiger partial charge in [0.05, 0.1) is 17.3 Å². The quantitative estimate of drug-likeness (QED) is 0.744. The van der Waals surface area contributed by atoms with Crippen molar-refractivity contribution in [2.45, 2.75) is 19.4 Å². The van der Waals surface area contributed by atoms with Crippen LogP contribution < -0.4 is 10.6 Å². The van der Waals surface area contributed by atoms with Crippen LogP contribution in [-0.2, 0) is 16.1 Å². The van der Waals surface area contributed by atoms with E-state index in [1.165, 1.54) is 0 Å². The number of amides is 2. The molecule has 1 fully saturated rings. The van der Waals surface area contributed by atoms with Gasteiger partial charge in [-0.05, 0) is 49.7 Å². The molecule has 0 aromatic heterocycles. The zero-order valence-electron chi connectivity index (χ0n) is 15.5. The van der Waals surface area contributed by atoms with Gasteiger partial charge in [-0.15, -0.1) is 0 Å². The van der Waals surface area contributed by atoms with Crippen molar-refractivity contribution in [3.63, 3.8) is 0 Å². The molecule has 1 aliphatic heterocycles. The Morgan fingerprint density at radius 1 is 1.04 bits per heavy atom. The van der Waals surface area contributed by atoms with Gasteiger partial charge in [0, 0.05) is 17.5 Å². The third-order valence-corrected chi connectivity index (χ3v) is 5.40. The summed E-state index contributed by atoms with van der Waals surface area (Å²) in [5.74, 6) is -0.0693. The van der Waals surface area contributed by atoms with Crippen LogP contribution in [0.15, 0.2) is 48.5 Å². The minimum atomic E-state index is -0.142. The summed E-state index contributed by atoms with van der Waals surface area (Å²) >= 11 is 12.0. The second kappa shape index (κ2) is 9.92. The van der Waals surface area contributed by atoms with E-state index in [0.717, 1.165) is 18.4 Å². The molecule has 3 rings (SSSR count). The molecule has 5 nitrogen and oxygen atoms in total. The molecule has 1 saturated heterocycles. The fourth-order valence-electron chi connectivity index (χ4n) is 3.27. The van der Waals surface area contributed by atoms with E-state index in [-0.39, 0.29) is 24.3 Å². The molecule has 28 heavy (non-hydrogen) atoms. The van der Waals surface area contributed by atoms with Gasteiger partial charge in [-0.3, -0.25) is 14.5 Å². The van der Waals surface area contributed by atoms with E-state index in [9.17, 15) is 9.59 Å². The van der Waals surface area contributed by atoms with Crippen LogP contribution in [-0.4, -0.2) is 36.3 Å². The van der Waals surface area contributed by atoms with Gasteiger partial charge < -0.3 is 10.6 Å². The van der Waals surface area contributed by atoms with Crippen LogP contribution in [0.1, 0.15) is 18.4 Å². The monoisotopic (exact) mass is 419 g/mol. The first-order valence-electron chi connectivity index (χ1n) is 9.30. The van der Waals surface area contributed by atoms with Crippen LogP contribution in [0.3, 0.4) is 0 Å². The van der Waals surface area contributed by atoms with Gasteiger partial charge in [-0.25, -0.2) is 0 Å². The van der Waals surface area contributed by atoms with Gasteiger partial charge in [-0.2, -0.15) is 0 Å². The Balaban J connectivity index is 1.41. The Labute approximate surface area is 175 Å². The summed E-state index contributed by atoms with van der Waals surface area (Å²) in [6.45, 7) is 2.23. The number of hydrogen-bond acceptors (Lipinski definition) is 3. The van der Waals surface area contributed by atoms with Crippen molar-refractivity contribution < 1.29 is 9.59 Å². The van der Waals surface area contributed by atoms with Crippen LogP contribution in [0.4, 0.5) is 5.69 Å². The van der Waals surface area contributed by atoms with Crippen molar-refractivity contribution >= 4 is 40.7 Å². The van der Waals surface area contributed by atoms with E-state index >= 15 is 0 Å². The summed E-state index contributed by atoms with van der Waals surface area (Å²) in [6, 6.07) is 14.8. The smallest absolute Gasteiger partial charge is 0.238 e. The molecule has 0 unspecified atom stereocenters. The van der Waals surface area contributed by atoms with Crippen LogP contribution in [0, 0.1) is 5.92 Å². The molecule has 2 aromatic carbocycles. The first-order valence-corrected chi connectivity index (χ1v) is 10.1. The van der Waals surface area contributed by atoms with Crippen molar-refractivity contribution in [1.82, 2.24) is 10.2 Å². The third-order valence-electron chi connectivity index (χ3n) is 4.84. The summed E-state index contributed by atoms with van der Waals surface area (Å²) in [6.07, 6.45) is 1.48. The average Bonchev–Trinajstić information content (AvgIpc) is 2.70. The number of carbonyl (C=O) groups excluding carboxylic acids is 2. The number of halogens is 2. The minimum Gasteiger partial charge on any atom is -0.352 e. The largest absolute Gasteiger partial charge is 0.352 e.